The Morgan fingerprint density at radius 1 is 1.00 bits per heavy atom. The number of hydrogen-bond acceptors (Lipinski definition) is 5. The number of hydrogen-bond donors (Lipinski definition) is 1. The smallest absolute Gasteiger partial charge is 0.264 e. The molecule has 224 valence electrons. The first-order valence-corrected chi connectivity index (χ1v) is 16.4. The second kappa shape index (κ2) is 14.2. The molecule has 0 aliphatic heterocycles. The molecule has 1 atom stereocenters. The Balaban J connectivity index is 1.68. The summed E-state index contributed by atoms with van der Waals surface area (Å²) >= 11 is 3.42. The van der Waals surface area contributed by atoms with E-state index in [1.165, 1.54) is 17.0 Å². The molecule has 1 aliphatic carbocycles. The van der Waals surface area contributed by atoms with Crippen LogP contribution in [-0.2, 0) is 26.2 Å². The number of ether oxygens (including phenoxy) is 1. The van der Waals surface area contributed by atoms with Crippen LogP contribution < -0.4 is 14.4 Å². The van der Waals surface area contributed by atoms with Gasteiger partial charge in [0.15, 0.2) is 0 Å². The lowest BCUT2D eigenvalue weighted by atomic mass is 9.95. The molecule has 10 heteroatoms. The van der Waals surface area contributed by atoms with Gasteiger partial charge in [-0.3, -0.25) is 13.9 Å². The van der Waals surface area contributed by atoms with Gasteiger partial charge in [-0.05, 0) is 74.7 Å². The van der Waals surface area contributed by atoms with E-state index in [1.807, 2.05) is 19.1 Å². The predicted molar refractivity (Wildman–Crippen MR) is 168 cm³/mol. The molecule has 1 N–H and O–H groups in total. The van der Waals surface area contributed by atoms with Gasteiger partial charge in [-0.15, -0.1) is 0 Å². The highest BCUT2D eigenvalue weighted by atomic mass is 79.9. The van der Waals surface area contributed by atoms with E-state index >= 15 is 0 Å². The number of nitrogens with zero attached hydrogens (tertiary/aromatic N) is 2. The monoisotopic (exact) mass is 655 g/mol. The standard InChI is InChI=1S/C32H38BrN3O5S/c1-23-15-17-30(18-16-23)42(39,40)36(28-13-8-10-26(33)20-28)22-31(37)35(21-25-9-7-14-29(19-25)41-3)24(2)32(38)34-27-11-5-4-6-12-27/h7-10,13-20,24,27H,4-6,11-12,21-22H2,1-3H3,(H,34,38). The molecule has 0 radical (unpaired) electrons. The maximum absolute atomic E-state index is 14.1. The average molecular weight is 657 g/mol. The molecule has 4 rings (SSSR count). The number of aryl methyl sites for hydroxylation is 1. The van der Waals surface area contributed by atoms with Crippen molar-refractivity contribution >= 4 is 43.5 Å². The Kier molecular flexibility index (Phi) is 10.7. The third-order valence-corrected chi connectivity index (χ3v) is 9.87. The van der Waals surface area contributed by atoms with Crippen molar-refractivity contribution in [1.82, 2.24) is 10.2 Å². The first-order chi connectivity index (χ1) is 20.1. The summed E-state index contributed by atoms with van der Waals surface area (Å²) < 4.78 is 35.1. The molecule has 0 spiro atoms. The molecular formula is C32H38BrN3O5S. The van der Waals surface area contributed by atoms with E-state index in [9.17, 15) is 18.0 Å². The van der Waals surface area contributed by atoms with E-state index in [0.717, 1.165) is 47.5 Å². The summed E-state index contributed by atoms with van der Waals surface area (Å²) in [5, 5.41) is 3.12. The van der Waals surface area contributed by atoms with Crippen molar-refractivity contribution in [3.8, 4) is 5.75 Å². The van der Waals surface area contributed by atoms with Crippen LogP contribution >= 0.6 is 15.9 Å². The first kappa shape index (κ1) is 31.6. The lowest BCUT2D eigenvalue weighted by Gasteiger charge is -2.33. The van der Waals surface area contributed by atoms with Crippen LogP contribution in [0, 0.1) is 6.92 Å². The largest absolute Gasteiger partial charge is 0.497 e. The molecule has 0 saturated heterocycles. The van der Waals surface area contributed by atoms with Gasteiger partial charge in [0.05, 0.1) is 17.7 Å². The fourth-order valence-corrected chi connectivity index (χ4v) is 6.91. The van der Waals surface area contributed by atoms with Crippen molar-refractivity contribution in [3.05, 3.63) is 88.4 Å². The Morgan fingerprint density at radius 3 is 2.36 bits per heavy atom. The lowest BCUT2D eigenvalue weighted by molar-refractivity contribution is -0.139. The molecule has 0 aromatic heterocycles. The van der Waals surface area contributed by atoms with E-state index in [4.69, 9.17) is 4.74 Å². The summed E-state index contributed by atoms with van der Waals surface area (Å²) in [6.45, 7) is 3.18. The fourth-order valence-electron chi connectivity index (χ4n) is 5.12. The van der Waals surface area contributed by atoms with Gasteiger partial charge in [-0.2, -0.15) is 0 Å². The number of benzene rings is 3. The average Bonchev–Trinajstić information content (AvgIpc) is 2.99. The second-order valence-electron chi connectivity index (χ2n) is 10.7. The maximum Gasteiger partial charge on any atom is 0.264 e. The predicted octanol–water partition coefficient (Wildman–Crippen LogP) is 5.83. The van der Waals surface area contributed by atoms with Crippen LogP contribution in [0.25, 0.3) is 0 Å². The number of anilines is 1. The van der Waals surface area contributed by atoms with Gasteiger partial charge in [-0.1, -0.05) is 71.1 Å². The van der Waals surface area contributed by atoms with E-state index < -0.39 is 28.5 Å². The molecule has 0 bridgehead atoms. The third-order valence-electron chi connectivity index (χ3n) is 7.59. The van der Waals surface area contributed by atoms with Gasteiger partial charge >= 0.3 is 0 Å². The van der Waals surface area contributed by atoms with Crippen LogP contribution in [0.15, 0.2) is 82.2 Å². The minimum Gasteiger partial charge on any atom is -0.497 e. The van der Waals surface area contributed by atoms with Crippen LogP contribution in [0.4, 0.5) is 5.69 Å². The van der Waals surface area contributed by atoms with E-state index in [1.54, 1.807) is 62.6 Å². The Labute approximate surface area is 257 Å². The number of carbonyl (C=O) groups is 2. The molecule has 8 nitrogen and oxygen atoms in total. The van der Waals surface area contributed by atoms with Gasteiger partial charge in [0.1, 0.15) is 18.3 Å². The molecule has 0 heterocycles. The normalized spacial score (nSPS) is 14.6. The SMILES string of the molecule is COc1cccc(CN(C(=O)CN(c2cccc(Br)c2)S(=O)(=O)c2ccc(C)cc2)C(C)C(=O)NC2CCCCC2)c1. The highest BCUT2D eigenvalue weighted by Crippen LogP contribution is 2.27. The second-order valence-corrected chi connectivity index (χ2v) is 13.5. The van der Waals surface area contributed by atoms with Crippen LogP contribution in [-0.4, -0.2) is 50.9 Å². The summed E-state index contributed by atoms with van der Waals surface area (Å²) in [6.07, 6.45) is 5.10. The van der Waals surface area contributed by atoms with E-state index in [2.05, 4.69) is 21.2 Å². The summed E-state index contributed by atoms with van der Waals surface area (Å²) in [4.78, 5) is 29.1. The maximum atomic E-state index is 14.1. The molecule has 2 amide bonds. The highest BCUT2D eigenvalue weighted by molar-refractivity contribution is 9.10. The van der Waals surface area contributed by atoms with Crippen molar-refractivity contribution in [1.29, 1.82) is 0 Å². The van der Waals surface area contributed by atoms with E-state index in [-0.39, 0.29) is 23.4 Å². The van der Waals surface area contributed by atoms with Crippen LogP contribution in [0.3, 0.4) is 0 Å². The number of rotatable bonds is 11. The lowest BCUT2D eigenvalue weighted by Crippen LogP contribution is -2.53. The zero-order valence-corrected chi connectivity index (χ0v) is 26.7. The number of carbonyl (C=O) groups excluding carboxylic acids is 2. The number of methoxy groups -OCH3 is 1. The molecular weight excluding hydrogens is 618 g/mol. The first-order valence-electron chi connectivity index (χ1n) is 14.2. The fraction of sp³-hybridized carbons (Fsp3) is 0.375. The summed E-state index contributed by atoms with van der Waals surface area (Å²) in [7, 11) is -2.56. The minimum absolute atomic E-state index is 0.0718. The molecule has 42 heavy (non-hydrogen) atoms. The Bertz CT molecular complexity index is 1490. The van der Waals surface area contributed by atoms with Crippen molar-refractivity contribution in [2.75, 3.05) is 18.0 Å². The summed E-state index contributed by atoms with van der Waals surface area (Å²) in [5.41, 5.74) is 2.01. The Hall–Kier alpha value is -3.37. The third kappa shape index (κ3) is 7.92. The van der Waals surface area contributed by atoms with Crippen LogP contribution in [0.5, 0.6) is 5.75 Å². The molecule has 3 aromatic carbocycles. The number of halogens is 1. The van der Waals surface area contributed by atoms with Crippen molar-refractivity contribution in [2.24, 2.45) is 0 Å². The van der Waals surface area contributed by atoms with Gasteiger partial charge in [0.25, 0.3) is 10.0 Å². The molecule has 1 saturated carbocycles. The van der Waals surface area contributed by atoms with Gasteiger partial charge in [0, 0.05) is 17.1 Å². The summed E-state index contributed by atoms with van der Waals surface area (Å²) in [6, 6.07) is 19.8. The minimum atomic E-state index is -4.12. The number of sulfonamides is 1. The number of amides is 2. The zero-order chi connectivity index (χ0) is 30.3. The Morgan fingerprint density at radius 2 is 1.69 bits per heavy atom. The van der Waals surface area contributed by atoms with Crippen molar-refractivity contribution < 1.29 is 22.7 Å². The highest BCUT2D eigenvalue weighted by Gasteiger charge is 2.33. The van der Waals surface area contributed by atoms with Crippen molar-refractivity contribution in [2.45, 2.75) is 69.5 Å². The topological polar surface area (TPSA) is 96.0 Å². The molecule has 1 aliphatic rings. The molecule has 3 aromatic rings. The number of nitrogens with one attached hydrogen (secondary N) is 1. The van der Waals surface area contributed by atoms with Crippen LogP contribution in [0.2, 0.25) is 0 Å². The van der Waals surface area contributed by atoms with E-state index in [0.29, 0.717) is 15.9 Å². The molecule has 1 fully saturated rings. The van der Waals surface area contributed by atoms with Gasteiger partial charge in [-0.25, -0.2) is 8.42 Å². The quantitative estimate of drug-likeness (QED) is 0.281. The van der Waals surface area contributed by atoms with Crippen molar-refractivity contribution in [3.63, 3.8) is 0 Å². The molecule has 1 unspecified atom stereocenters. The van der Waals surface area contributed by atoms with Gasteiger partial charge in [0.2, 0.25) is 11.8 Å². The van der Waals surface area contributed by atoms with Crippen LogP contribution in [0.1, 0.15) is 50.2 Å². The zero-order valence-electron chi connectivity index (χ0n) is 24.3. The van der Waals surface area contributed by atoms with Gasteiger partial charge < -0.3 is 15.0 Å². The summed E-state index contributed by atoms with van der Waals surface area (Å²) in [5.74, 6) is -0.134.